The Hall–Kier alpha value is -3.21. The van der Waals surface area contributed by atoms with Crippen molar-refractivity contribution in [3.63, 3.8) is 0 Å². The number of phenols is 2. The van der Waals surface area contributed by atoms with E-state index < -0.39 is 5.78 Å². The third kappa shape index (κ3) is 2.76. The van der Waals surface area contributed by atoms with Gasteiger partial charge in [0.05, 0.1) is 18.8 Å². The van der Waals surface area contributed by atoms with Gasteiger partial charge in [0.15, 0.2) is 5.78 Å². The molecule has 1 aromatic heterocycles. The molecule has 0 aliphatic rings. The lowest BCUT2D eigenvalue weighted by molar-refractivity contribution is 0.104. The molecule has 0 aliphatic heterocycles. The molecule has 0 spiro atoms. The first kappa shape index (κ1) is 14.7. The predicted octanol–water partition coefficient (Wildman–Crippen LogP) is 3.75. The number of fused-ring (bicyclic) bond motifs is 1. The Morgan fingerprint density at radius 2 is 1.91 bits per heavy atom. The second-order valence-electron chi connectivity index (χ2n) is 4.92. The molecule has 0 saturated heterocycles. The van der Waals surface area contributed by atoms with Crippen LogP contribution in [0.2, 0.25) is 0 Å². The van der Waals surface area contributed by atoms with Gasteiger partial charge in [0.1, 0.15) is 28.4 Å². The minimum Gasteiger partial charge on any atom is -0.508 e. The van der Waals surface area contributed by atoms with E-state index in [9.17, 15) is 15.0 Å². The van der Waals surface area contributed by atoms with Crippen molar-refractivity contribution in [2.45, 2.75) is 0 Å². The van der Waals surface area contributed by atoms with Crippen molar-refractivity contribution < 1.29 is 24.2 Å². The minimum absolute atomic E-state index is 0.0800. The van der Waals surface area contributed by atoms with E-state index in [-0.39, 0.29) is 22.8 Å². The Labute approximate surface area is 132 Å². The Morgan fingerprint density at radius 3 is 2.61 bits per heavy atom. The summed E-state index contributed by atoms with van der Waals surface area (Å²) in [5.74, 6) is -0.174. The minimum atomic E-state index is -0.393. The lowest BCUT2D eigenvalue weighted by Gasteiger charge is -2.08. The molecule has 0 radical (unpaired) electrons. The van der Waals surface area contributed by atoms with E-state index in [2.05, 4.69) is 0 Å². The topological polar surface area (TPSA) is 79.9 Å². The first-order valence-electron chi connectivity index (χ1n) is 6.88. The molecule has 1 heterocycles. The number of hydrogen-bond acceptors (Lipinski definition) is 5. The van der Waals surface area contributed by atoms with Crippen molar-refractivity contribution in [1.29, 1.82) is 0 Å². The van der Waals surface area contributed by atoms with Crippen LogP contribution in [0.4, 0.5) is 0 Å². The molecule has 0 aliphatic carbocycles. The van der Waals surface area contributed by atoms with Gasteiger partial charge in [0.25, 0.3) is 0 Å². The Bertz CT molecular complexity index is 888. The van der Waals surface area contributed by atoms with E-state index in [1.807, 2.05) is 0 Å². The molecule has 2 N–H and O–H groups in total. The Morgan fingerprint density at radius 1 is 1.17 bits per heavy atom. The number of phenolic OH excluding ortho intramolecular Hbond substituents is 2. The molecule has 0 unspecified atom stereocenters. The Kier molecular flexibility index (Phi) is 3.76. The van der Waals surface area contributed by atoms with Gasteiger partial charge in [-0.1, -0.05) is 18.2 Å². The smallest absolute Gasteiger partial charge is 0.193 e. The Balaban J connectivity index is 1.99. The van der Waals surface area contributed by atoms with E-state index in [1.54, 1.807) is 30.3 Å². The van der Waals surface area contributed by atoms with Gasteiger partial charge in [0, 0.05) is 6.07 Å². The molecule has 0 bridgehead atoms. The van der Waals surface area contributed by atoms with Crippen LogP contribution in [0.25, 0.3) is 17.0 Å². The van der Waals surface area contributed by atoms with Crippen LogP contribution in [0, 0.1) is 0 Å². The molecule has 0 fully saturated rings. The van der Waals surface area contributed by atoms with Crippen molar-refractivity contribution in [3.8, 4) is 17.2 Å². The fraction of sp³-hybridized carbons (Fsp3) is 0.0556. The average Bonchev–Trinajstić information content (AvgIpc) is 3.02. The first-order valence-corrected chi connectivity index (χ1v) is 6.88. The number of methoxy groups -OCH3 is 1. The maximum Gasteiger partial charge on any atom is 0.193 e. The van der Waals surface area contributed by atoms with E-state index in [4.69, 9.17) is 9.15 Å². The highest BCUT2D eigenvalue weighted by Gasteiger charge is 2.20. The summed E-state index contributed by atoms with van der Waals surface area (Å²) < 4.78 is 10.4. The quantitative estimate of drug-likeness (QED) is 0.566. The fourth-order valence-corrected chi connectivity index (χ4v) is 2.31. The van der Waals surface area contributed by atoms with Crippen LogP contribution in [-0.4, -0.2) is 23.1 Å². The first-order chi connectivity index (χ1) is 11.1. The summed E-state index contributed by atoms with van der Waals surface area (Å²) in [5.41, 5.74) is 1.27. The molecule has 23 heavy (non-hydrogen) atoms. The SMILES string of the molecule is COc1cc2occc2c(O)c1C(=O)/C=C/c1ccc(O)cc1. The van der Waals surface area contributed by atoms with Gasteiger partial charge in [-0.3, -0.25) is 4.79 Å². The molecule has 116 valence electrons. The predicted molar refractivity (Wildman–Crippen MR) is 85.9 cm³/mol. The molecular weight excluding hydrogens is 296 g/mol. The number of carbonyl (C=O) groups excluding carboxylic acids is 1. The third-order valence-electron chi connectivity index (χ3n) is 3.48. The van der Waals surface area contributed by atoms with Gasteiger partial charge >= 0.3 is 0 Å². The van der Waals surface area contributed by atoms with Crippen molar-refractivity contribution in [2.24, 2.45) is 0 Å². The molecule has 3 rings (SSSR count). The zero-order valence-corrected chi connectivity index (χ0v) is 12.3. The molecule has 5 heteroatoms. The molecule has 0 saturated carbocycles. The number of rotatable bonds is 4. The van der Waals surface area contributed by atoms with Crippen LogP contribution in [0.1, 0.15) is 15.9 Å². The number of furan rings is 1. The lowest BCUT2D eigenvalue weighted by Crippen LogP contribution is -2.00. The molecule has 3 aromatic rings. The number of ether oxygens (including phenoxy) is 1. The summed E-state index contributed by atoms with van der Waals surface area (Å²) in [5, 5.41) is 20.0. The number of hydrogen-bond donors (Lipinski definition) is 2. The summed E-state index contributed by atoms with van der Waals surface area (Å²) in [6.07, 6.45) is 4.38. The average molecular weight is 310 g/mol. The monoisotopic (exact) mass is 310 g/mol. The summed E-state index contributed by atoms with van der Waals surface area (Å²) in [7, 11) is 1.42. The van der Waals surface area contributed by atoms with Crippen LogP contribution in [0.15, 0.2) is 53.2 Å². The van der Waals surface area contributed by atoms with Gasteiger partial charge in [-0.15, -0.1) is 0 Å². The van der Waals surface area contributed by atoms with E-state index in [0.717, 1.165) is 5.56 Å². The summed E-state index contributed by atoms with van der Waals surface area (Å²) in [6, 6.07) is 9.56. The van der Waals surface area contributed by atoms with Crippen LogP contribution in [0.3, 0.4) is 0 Å². The van der Waals surface area contributed by atoms with E-state index in [0.29, 0.717) is 11.0 Å². The van der Waals surface area contributed by atoms with Crippen LogP contribution < -0.4 is 4.74 Å². The number of benzene rings is 2. The van der Waals surface area contributed by atoms with Gasteiger partial charge in [-0.05, 0) is 29.8 Å². The summed E-state index contributed by atoms with van der Waals surface area (Å²) >= 11 is 0. The van der Waals surface area contributed by atoms with Gasteiger partial charge in [-0.2, -0.15) is 0 Å². The second kappa shape index (κ2) is 5.88. The molecular formula is C18H14O5. The van der Waals surface area contributed by atoms with Gasteiger partial charge in [0.2, 0.25) is 0 Å². The number of carbonyl (C=O) groups is 1. The standard InChI is InChI=1S/C18H14O5/c1-22-16-10-15-13(8-9-23-15)18(21)17(16)14(20)7-4-11-2-5-12(19)6-3-11/h2-10,19,21H,1H3/b7-4+. The highest BCUT2D eigenvalue weighted by Crippen LogP contribution is 2.37. The van der Waals surface area contributed by atoms with Crippen molar-refractivity contribution in [1.82, 2.24) is 0 Å². The zero-order valence-electron chi connectivity index (χ0n) is 12.3. The number of aromatic hydroxyl groups is 2. The van der Waals surface area contributed by atoms with E-state index >= 15 is 0 Å². The highest BCUT2D eigenvalue weighted by molar-refractivity contribution is 6.13. The summed E-state index contributed by atoms with van der Waals surface area (Å²) in [4.78, 5) is 12.4. The van der Waals surface area contributed by atoms with Gasteiger partial charge < -0.3 is 19.4 Å². The third-order valence-corrected chi connectivity index (χ3v) is 3.48. The maximum atomic E-state index is 12.4. The van der Waals surface area contributed by atoms with Crippen LogP contribution >= 0.6 is 0 Å². The molecule has 0 amide bonds. The fourth-order valence-electron chi connectivity index (χ4n) is 2.31. The summed E-state index contributed by atoms with van der Waals surface area (Å²) in [6.45, 7) is 0. The van der Waals surface area contributed by atoms with Crippen molar-refractivity contribution in [3.05, 3.63) is 59.9 Å². The normalized spacial score (nSPS) is 11.2. The van der Waals surface area contributed by atoms with E-state index in [1.165, 1.54) is 31.6 Å². The number of ketones is 1. The zero-order chi connectivity index (χ0) is 16.4. The molecule has 0 atom stereocenters. The van der Waals surface area contributed by atoms with Crippen LogP contribution in [-0.2, 0) is 0 Å². The van der Waals surface area contributed by atoms with Crippen molar-refractivity contribution >= 4 is 22.8 Å². The lowest BCUT2D eigenvalue weighted by atomic mass is 10.0. The van der Waals surface area contributed by atoms with Gasteiger partial charge in [-0.25, -0.2) is 0 Å². The largest absolute Gasteiger partial charge is 0.508 e. The van der Waals surface area contributed by atoms with Crippen LogP contribution in [0.5, 0.6) is 17.2 Å². The van der Waals surface area contributed by atoms with Crippen molar-refractivity contribution in [2.75, 3.05) is 7.11 Å². The number of allylic oxidation sites excluding steroid dienone is 1. The molecule has 2 aromatic carbocycles. The maximum absolute atomic E-state index is 12.4. The second-order valence-corrected chi connectivity index (χ2v) is 4.92. The molecule has 5 nitrogen and oxygen atoms in total. The highest BCUT2D eigenvalue weighted by atomic mass is 16.5.